The van der Waals surface area contributed by atoms with Crippen molar-refractivity contribution in [1.82, 2.24) is 5.32 Å². The first kappa shape index (κ1) is 11.0. The van der Waals surface area contributed by atoms with Crippen LogP contribution in [0.1, 0.15) is 52.9 Å². The molecule has 0 radical (unpaired) electrons. The minimum absolute atomic E-state index is 0.736. The number of nitrogens with one attached hydrogen (secondary N) is 1. The average molecular weight is 183 g/mol. The average Bonchev–Trinajstić information content (AvgIpc) is 2.00. The van der Waals surface area contributed by atoms with Crippen LogP contribution >= 0.6 is 0 Å². The molecular formula is C12H25N. The molecule has 1 heteroatoms. The highest BCUT2D eigenvalue weighted by Crippen LogP contribution is 2.28. The molecule has 13 heavy (non-hydrogen) atoms. The van der Waals surface area contributed by atoms with Gasteiger partial charge in [-0.2, -0.15) is 0 Å². The molecule has 1 saturated carbocycles. The lowest BCUT2D eigenvalue weighted by Gasteiger charge is -2.27. The van der Waals surface area contributed by atoms with Crippen molar-refractivity contribution in [2.45, 2.75) is 58.9 Å². The third kappa shape index (κ3) is 3.68. The summed E-state index contributed by atoms with van der Waals surface area (Å²) in [7, 11) is 0. The van der Waals surface area contributed by atoms with E-state index in [0.717, 1.165) is 17.9 Å². The van der Waals surface area contributed by atoms with E-state index in [1.54, 1.807) is 0 Å². The molecule has 0 saturated heterocycles. The van der Waals surface area contributed by atoms with Gasteiger partial charge in [0.15, 0.2) is 0 Å². The normalized spacial score (nSPS) is 20.3. The molecule has 0 aromatic rings. The van der Waals surface area contributed by atoms with E-state index in [9.17, 15) is 0 Å². The van der Waals surface area contributed by atoms with Gasteiger partial charge in [-0.05, 0) is 31.2 Å². The molecule has 0 spiro atoms. The Morgan fingerprint density at radius 1 is 1.31 bits per heavy atom. The van der Waals surface area contributed by atoms with Gasteiger partial charge in [-0.15, -0.1) is 0 Å². The summed E-state index contributed by atoms with van der Waals surface area (Å²) in [5.41, 5.74) is 0. The van der Waals surface area contributed by atoms with Crippen molar-refractivity contribution in [2.24, 2.45) is 11.8 Å². The molecule has 1 aliphatic carbocycles. The molecule has 0 bridgehead atoms. The van der Waals surface area contributed by atoms with E-state index in [4.69, 9.17) is 0 Å². The first-order valence-corrected chi connectivity index (χ1v) is 5.97. The summed E-state index contributed by atoms with van der Waals surface area (Å²) < 4.78 is 0. The SMILES string of the molecule is CCC(NCCC1CCC1)C(C)C. The van der Waals surface area contributed by atoms with Crippen molar-refractivity contribution in [2.75, 3.05) is 6.54 Å². The zero-order valence-electron chi connectivity index (χ0n) is 9.47. The van der Waals surface area contributed by atoms with Gasteiger partial charge in [-0.3, -0.25) is 0 Å². The van der Waals surface area contributed by atoms with Crippen LogP contribution in [0.4, 0.5) is 0 Å². The largest absolute Gasteiger partial charge is 0.314 e. The Bertz CT molecular complexity index is 127. The maximum absolute atomic E-state index is 3.67. The lowest BCUT2D eigenvalue weighted by Crippen LogP contribution is -2.35. The van der Waals surface area contributed by atoms with Gasteiger partial charge < -0.3 is 5.32 Å². The second kappa shape index (κ2) is 5.64. The van der Waals surface area contributed by atoms with Crippen LogP contribution in [0.15, 0.2) is 0 Å². The summed E-state index contributed by atoms with van der Waals surface area (Å²) >= 11 is 0. The molecule has 78 valence electrons. The molecule has 1 rings (SSSR count). The highest BCUT2D eigenvalue weighted by molar-refractivity contribution is 4.73. The van der Waals surface area contributed by atoms with Gasteiger partial charge in [-0.1, -0.05) is 40.0 Å². The predicted molar refractivity (Wildman–Crippen MR) is 58.9 cm³/mol. The fraction of sp³-hybridized carbons (Fsp3) is 1.00. The summed E-state index contributed by atoms with van der Waals surface area (Å²) in [6.07, 6.45) is 7.12. The summed E-state index contributed by atoms with van der Waals surface area (Å²) in [5.74, 6) is 1.84. The molecule has 0 amide bonds. The quantitative estimate of drug-likeness (QED) is 0.667. The van der Waals surface area contributed by atoms with E-state index >= 15 is 0 Å². The van der Waals surface area contributed by atoms with Gasteiger partial charge >= 0.3 is 0 Å². The van der Waals surface area contributed by atoms with Crippen LogP contribution < -0.4 is 5.32 Å². The molecule has 1 aliphatic rings. The number of rotatable bonds is 6. The van der Waals surface area contributed by atoms with Crippen LogP contribution in [-0.2, 0) is 0 Å². The van der Waals surface area contributed by atoms with Crippen molar-refractivity contribution < 1.29 is 0 Å². The standard InChI is InChI=1S/C12H25N/c1-4-12(10(2)3)13-9-8-11-6-5-7-11/h10-13H,4-9H2,1-3H3. The molecule has 1 unspecified atom stereocenters. The first-order valence-electron chi connectivity index (χ1n) is 5.97. The zero-order chi connectivity index (χ0) is 9.68. The van der Waals surface area contributed by atoms with E-state index in [1.807, 2.05) is 0 Å². The Morgan fingerprint density at radius 3 is 2.38 bits per heavy atom. The Hall–Kier alpha value is -0.0400. The van der Waals surface area contributed by atoms with Gasteiger partial charge in [-0.25, -0.2) is 0 Å². The van der Waals surface area contributed by atoms with Gasteiger partial charge in [0.05, 0.1) is 0 Å². The molecular weight excluding hydrogens is 158 g/mol. The highest BCUT2D eigenvalue weighted by atomic mass is 14.9. The van der Waals surface area contributed by atoms with E-state index in [1.165, 1.54) is 38.6 Å². The van der Waals surface area contributed by atoms with E-state index in [2.05, 4.69) is 26.1 Å². The third-order valence-corrected chi connectivity index (χ3v) is 3.43. The molecule has 0 heterocycles. The van der Waals surface area contributed by atoms with E-state index < -0.39 is 0 Å². The summed E-state index contributed by atoms with van der Waals surface area (Å²) in [6.45, 7) is 8.14. The van der Waals surface area contributed by atoms with Crippen molar-refractivity contribution in [3.8, 4) is 0 Å². The minimum atomic E-state index is 0.736. The van der Waals surface area contributed by atoms with Gasteiger partial charge in [0.1, 0.15) is 0 Å². The topological polar surface area (TPSA) is 12.0 Å². The Balaban J connectivity index is 2.01. The van der Waals surface area contributed by atoms with Crippen molar-refractivity contribution >= 4 is 0 Å². The monoisotopic (exact) mass is 183 g/mol. The second-order valence-corrected chi connectivity index (χ2v) is 4.80. The van der Waals surface area contributed by atoms with E-state index in [-0.39, 0.29) is 0 Å². The van der Waals surface area contributed by atoms with Crippen LogP contribution in [0.2, 0.25) is 0 Å². The fourth-order valence-electron chi connectivity index (χ4n) is 2.11. The van der Waals surface area contributed by atoms with Crippen molar-refractivity contribution in [3.63, 3.8) is 0 Å². The van der Waals surface area contributed by atoms with Gasteiger partial charge in [0.25, 0.3) is 0 Å². The Labute approximate surface area is 83.3 Å². The fourth-order valence-corrected chi connectivity index (χ4v) is 2.11. The molecule has 1 nitrogen and oxygen atoms in total. The third-order valence-electron chi connectivity index (χ3n) is 3.43. The number of hydrogen-bond donors (Lipinski definition) is 1. The molecule has 1 N–H and O–H groups in total. The molecule has 0 aliphatic heterocycles. The van der Waals surface area contributed by atoms with Crippen LogP contribution in [0, 0.1) is 11.8 Å². The first-order chi connectivity index (χ1) is 6.24. The molecule has 1 fully saturated rings. The highest BCUT2D eigenvalue weighted by Gasteiger charge is 2.17. The van der Waals surface area contributed by atoms with Crippen LogP contribution in [0.5, 0.6) is 0 Å². The van der Waals surface area contributed by atoms with E-state index in [0.29, 0.717) is 0 Å². The summed E-state index contributed by atoms with van der Waals surface area (Å²) in [5, 5.41) is 3.67. The van der Waals surface area contributed by atoms with Gasteiger partial charge in [0, 0.05) is 6.04 Å². The lowest BCUT2D eigenvalue weighted by molar-refractivity contribution is 0.278. The van der Waals surface area contributed by atoms with Gasteiger partial charge in [0.2, 0.25) is 0 Å². The predicted octanol–water partition coefficient (Wildman–Crippen LogP) is 3.20. The zero-order valence-corrected chi connectivity index (χ0v) is 9.47. The van der Waals surface area contributed by atoms with Crippen molar-refractivity contribution in [1.29, 1.82) is 0 Å². The summed E-state index contributed by atoms with van der Waals surface area (Å²) in [4.78, 5) is 0. The lowest BCUT2D eigenvalue weighted by atomic mass is 9.83. The molecule has 1 atom stereocenters. The van der Waals surface area contributed by atoms with Crippen LogP contribution in [0.25, 0.3) is 0 Å². The van der Waals surface area contributed by atoms with Crippen LogP contribution in [0.3, 0.4) is 0 Å². The maximum atomic E-state index is 3.67. The molecule has 0 aromatic carbocycles. The Morgan fingerprint density at radius 2 is 2.00 bits per heavy atom. The van der Waals surface area contributed by atoms with Crippen LogP contribution in [-0.4, -0.2) is 12.6 Å². The van der Waals surface area contributed by atoms with Crippen molar-refractivity contribution in [3.05, 3.63) is 0 Å². The molecule has 0 aromatic heterocycles. The number of hydrogen-bond acceptors (Lipinski definition) is 1. The minimum Gasteiger partial charge on any atom is -0.314 e. The smallest absolute Gasteiger partial charge is 0.00874 e. The summed E-state index contributed by atoms with van der Waals surface area (Å²) in [6, 6.07) is 0.736. The maximum Gasteiger partial charge on any atom is 0.00874 e. The second-order valence-electron chi connectivity index (χ2n) is 4.80. The Kier molecular flexibility index (Phi) is 4.79.